The molecule has 0 aliphatic heterocycles. The first-order valence-corrected chi connectivity index (χ1v) is 6.34. The Morgan fingerprint density at radius 3 is 2.37 bits per heavy atom. The maximum Gasteiger partial charge on any atom is 0.253 e. The summed E-state index contributed by atoms with van der Waals surface area (Å²) in [6.07, 6.45) is 0.202. The zero-order valence-corrected chi connectivity index (χ0v) is 10.9. The minimum atomic E-state index is -0.437. The molecule has 0 saturated carbocycles. The van der Waals surface area contributed by atoms with Gasteiger partial charge in [0, 0.05) is 0 Å². The summed E-state index contributed by atoms with van der Waals surface area (Å²) in [5.74, 6) is -0.904. The first kappa shape index (κ1) is 13.4. The summed E-state index contributed by atoms with van der Waals surface area (Å²) in [6, 6.07) is 13.7. The zero-order chi connectivity index (χ0) is 13.7. The van der Waals surface area contributed by atoms with Crippen LogP contribution in [0.3, 0.4) is 0 Å². The third-order valence-electron chi connectivity index (χ3n) is 2.64. The van der Waals surface area contributed by atoms with Crippen molar-refractivity contribution in [3.8, 4) is 0 Å². The lowest BCUT2D eigenvalue weighted by atomic mass is 10.1. The zero-order valence-electron chi connectivity index (χ0n) is 10.2. The maximum atomic E-state index is 11.6. The lowest BCUT2D eigenvalue weighted by Gasteiger charge is -2.06. The third kappa shape index (κ3) is 3.69. The van der Waals surface area contributed by atoms with Crippen molar-refractivity contribution in [1.29, 1.82) is 0 Å². The summed E-state index contributed by atoms with van der Waals surface area (Å²) in [5, 5.41) is 2.21. The molecule has 19 heavy (non-hydrogen) atoms. The largest absolute Gasteiger partial charge is 0.273 e. The van der Waals surface area contributed by atoms with Gasteiger partial charge >= 0.3 is 0 Å². The van der Waals surface area contributed by atoms with Gasteiger partial charge in [-0.1, -0.05) is 42.5 Å². The van der Waals surface area contributed by atoms with Gasteiger partial charge in [-0.05, 0) is 16.3 Å². The van der Waals surface area contributed by atoms with Gasteiger partial charge in [-0.3, -0.25) is 20.4 Å². The van der Waals surface area contributed by atoms with Crippen molar-refractivity contribution in [1.82, 2.24) is 10.9 Å². The fraction of sp³-hybridized carbons (Fsp3) is 0.143. The average Bonchev–Trinajstić information content (AvgIpc) is 2.44. The van der Waals surface area contributed by atoms with E-state index < -0.39 is 5.91 Å². The second kappa shape index (κ2) is 6.20. The number of carbonyl (C=O) groups excluding carboxylic acids is 2. The molecule has 0 fully saturated rings. The number of fused-ring (bicyclic) bond motifs is 1. The van der Waals surface area contributed by atoms with Crippen LogP contribution in [-0.4, -0.2) is 17.7 Å². The summed E-state index contributed by atoms with van der Waals surface area (Å²) in [5.41, 5.74) is 5.41. The second-order valence-corrected chi connectivity index (χ2v) is 4.36. The Labute approximate surface area is 115 Å². The average molecular weight is 277 g/mol. The van der Waals surface area contributed by atoms with E-state index in [1.807, 2.05) is 42.5 Å². The molecule has 0 heterocycles. The van der Waals surface area contributed by atoms with Crippen LogP contribution < -0.4 is 10.9 Å². The van der Waals surface area contributed by atoms with Crippen molar-refractivity contribution >= 4 is 34.2 Å². The Bertz CT molecular complexity index is 613. The van der Waals surface area contributed by atoms with E-state index in [4.69, 9.17) is 11.6 Å². The fourth-order valence-electron chi connectivity index (χ4n) is 1.75. The Kier molecular flexibility index (Phi) is 4.36. The maximum absolute atomic E-state index is 11.6. The molecule has 5 heteroatoms. The topological polar surface area (TPSA) is 58.2 Å². The lowest BCUT2D eigenvalue weighted by molar-refractivity contribution is -0.127. The van der Waals surface area contributed by atoms with E-state index in [1.165, 1.54) is 0 Å². The van der Waals surface area contributed by atoms with Crippen LogP contribution in [0.4, 0.5) is 0 Å². The van der Waals surface area contributed by atoms with Crippen molar-refractivity contribution < 1.29 is 9.59 Å². The van der Waals surface area contributed by atoms with Gasteiger partial charge in [0.2, 0.25) is 5.91 Å². The van der Waals surface area contributed by atoms with Crippen molar-refractivity contribution in [2.45, 2.75) is 6.42 Å². The van der Waals surface area contributed by atoms with Crippen LogP contribution in [0.25, 0.3) is 10.8 Å². The normalized spacial score (nSPS) is 10.2. The summed E-state index contributed by atoms with van der Waals surface area (Å²) < 4.78 is 0. The van der Waals surface area contributed by atoms with E-state index in [9.17, 15) is 9.59 Å². The number of hydrogen-bond acceptors (Lipinski definition) is 2. The molecule has 0 saturated heterocycles. The summed E-state index contributed by atoms with van der Waals surface area (Å²) >= 11 is 5.30. The quantitative estimate of drug-likeness (QED) is 0.663. The van der Waals surface area contributed by atoms with Crippen LogP contribution >= 0.6 is 11.6 Å². The van der Waals surface area contributed by atoms with Crippen molar-refractivity contribution in [2.24, 2.45) is 0 Å². The Morgan fingerprint density at radius 1 is 0.947 bits per heavy atom. The third-order valence-corrected chi connectivity index (χ3v) is 2.88. The number of hydrogen-bond donors (Lipinski definition) is 2. The molecule has 2 rings (SSSR count). The monoisotopic (exact) mass is 276 g/mol. The number of rotatable bonds is 3. The van der Waals surface area contributed by atoms with E-state index >= 15 is 0 Å². The molecule has 0 atom stereocenters. The molecular weight excluding hydrogens is 264 g/mol. The standard InChI is InChI=1S/C14H13ClN2O2/c15-9-14(19)17-16-13(18)8-10-5-6-11-3-1-2-4-12(11)7-10/h1-7H,8-9H2,(H,16,18)(H,17,19). The van der Waals surface area contributed by atoms with Gasteiger partial charge in [0.1, 0.15) is 5.88 Å². The molecule has 2 N–H and O–H groups in total. The molecule has 2 amide bonds. The van der Waals surface area contributed by atoms with Crippen LogP contribution in [0, 0.1) is 0 Å². The van der Waals surface area contributed by atoms with Gasteiger partial charge in [0.15, 0.2) is 0 Å². The van der Waals surface area contributed by atoms with E-state index in [2.05, 4.69) is 10.9 Å². The SMILES string of the molecule is O=C(CCl)NNC(=O)Cc1ccc2ccccc2c1. The Hall–Kier alpha value is -2.07. The van der Waals surface area contributed by atoms with Crippen LogP contribution in [0.5, 0.6) is 0 Å². The number of hydrazine groups is 1. The highest BCUT2D eigenvalue weighted by Gasteiger charge is 2.05. The number of benzene rings is 2. The van der Waals surface area contributed by atoms with E-state index in [1.54, 1.807) is 0 Å². The molecule has 0 unspecified atom stereocenters. The number of carbonyl (C=O) groups is 2. The Morgan fingerprint density at radius 2 is 1.63 bits per heavy atom. The fourth-order valence-corrected chi connectivity index (χ4v) is 1.82. The van der Waals surface area contributed by atoms with Gasteiger partial charge in [-0.2, -0.15) is 0 Å². The van der Waals surface area contributed by atoms with Crippen LogP contribution in [-0.2, 0) is 16.0 Å². The van der Waals surface area contributed by atoms with Crippen LogP contribution in [0.1, 0.15) is 5.56 Å². The van der Waals surface area contributed by atoms with Gasteiger partial charge in [0.05, 0.1) is 6.42 Å². The lowest BCUT2D eigenvalue weighted by Crippen LogP contribution is -2.42. The number of halogens is 1. The molecule has 0 radical (unpaired) electrons. The minimum Gasteiger partial charge on any atom is -0.273 e. The summed E-state index contributed by atoms with van der Waals surface area (Å²) in [4.78, 5) is 22.5. The second-order valence-electron chi connectivity index (χ2n) is 4.09. The molecule has 0 bridgehead atoms. The van der Waals surface area contributed by atoms with E-state index in [0.29, 0.717) is 0 Å². The molecule has 2 aromatic rings. The highest BCUT2D eigenvalue weighted by molar-refractivity contribution is 6.27. The summed E-state index contributed by atoms with van der Waals surface area (Å²) in [6.45, 7) is 0. The number of amides is 2. The first-order valence-electron chi connectivity index (χ1n) is 5.80. The highest BCUT2D eigenvalue weighted by Crippen LogP contribution is 2.15. The van der Waals surface area contributed by atoms with Crippen molar-refractivity contribution in [2.75, 3.05) is 5.88 Å². The smallest absolute Gasteiger partial charge is 0.253 e. The van der Waals surface area contributed by atoms with Crippen molar-refractivity contribution in [3.63, 3.8) is 0 Å². The van der Waals surface area contributed by atoms with Crippen molar-refractivity contribution in [3.05, 3.63) is 48.0 Å². The van der Waals surface area contributed by atoms with E-state index in [-0.39, 0.29) is 18.2 Å². The predicted molar refractivity (Wildman–Crippen MR) is 74.7 cm³/mol. The number of nitrogens with one attached hydrogen (secondary N) is 2. The molecule has 0 aromatic heterocycles. The molecule has 0 aliphatic carbocycles. The molecule has 0 spiro atoms. The van der Waals surface area contributed by atoms with Gasteiger partial charge < -0.3 is 0 Å². The summed E-state index contributed by atoms with van der Waals surface area (Å²) in [7, 11) is 0. The van der Waals surface area contributed by atoms with Crippen LogP contribution in [0.2, 0.25) is 0 Å². The molecular formula is C14H13ClN2O2. The predicted octanol–water partition coefficient (Wildman–Crippen LogP) is 1.77. The van der Waals surface area contributed by atoms with Crippen LogP contribution in [0.15, 0.2) is 42.5 Å². The number of alkyl halides is 1. The molecule has 98 valence electrons. The highest BCUT2D eigenvalue weighted by atomic mass is 35.5. The molecule has 2 aromatic carbocycles. The van der Waals surface area contributed by atoms with E-state index in [0.717, 1.165) is 16.3 Å². The molecule has 0 aliphatic rings. The van der Waals surface area contributed by atoms with Gasteiger partial charge in [-0.25, -0.2) is 0 Å². The molecule has 4 nitrogen and oxygen atoms in total. The Balaban J connectivity index is 2.01. The van der Waals surface area contributed by atoms with Gasteiger partial charge in [0.25, 0.3) is 5.91 Å². The van der Waals surface area contributed by atoms with Gasteiger partial charge in [-0.15, -0.1) is 11.6 Å². The first-order chi connectivity index (χ1) is 9.19. The minimum absolute atomic E-state index is 0.184.